The molecule has 1 aromatic rings. The molecule has 0 bridgehead atoms. The Bertz CT molecular complexity index is 170. The van der Waals surface area contributed by atoms with E-state index in [0.717, 1.165) is 0 Å². The Morgan fingerprint density at radius 2 is 1.62 bits per heavy atom. The van der Waals surface area contributed by atoms with E-state index >= 15 is 0 Å². The van der Waals surface area contributed by atoms with Crippen LogP contribution in [-0.4, -0.2) is 10.2 Å². The van der Waals surface area contributed by atoms with Crippen molar-refractivity contribution in [2.75, 3.05) is 0 Å². The summed E-state index contributed by atoms with van der Waals surface area (Å²) in [5.41, 5.74) is 0.370. The minimum Gasteiger partial charge on any atom is -0.504 e. The highest BCUT2D eigenvalue weighted by atomic mass is 31.0. The molecular weight excluding hydrogens is 123 g/mol. The van der Waals surface area contributed by atoms with Gasteiger partial charge in [-0.25, -0.2) is 0 Å². The van der Waals surface area contributed by atoms with Crippen LogP contribution in [0.15, 0.2) is 18.2 Å². The average Bonchev–Trinajstić information content (AvgIpc) is 1.64. The lowest BCUT2D eigenvalue weighted by Crippen LogP contribution is -1.54. The fourth-order valence-electron chi connectivity index (χ4n) is 0.412. The Labute approximate surface area is 48.5 Å². The second-order valence-electron chi connectivity index (χ2n) is 1.35. The zero-order chi connectivity index (χ0) is 5.98. The quantitative estimate of drug-likeness (QED) is 0.558. The summed E-state index contributed by atoms with van der Waals surface area (Å²) in [5, 5.41) is 17.4. The molecule has 0 aliphatic carbocycles. The van der Waals surface area contributed by atoms with Crippen LogP contribution >= 0.6 is 8.19 Å². The fourth-order valence-corrected chi connectivity index (χ4v) is 0.968. The standard InChI is InChI=1S/C5H5O2P/c6-4-2-1-3-5(7)8-4/h1-3,6-7H. The lowest BCUT2D eigenvalue weighted by Gasteiger charge is -1.88. The van der Waals surface area contributed by atoms with Crippen molar-refractivity contribution >= 4 is 8.19 Å². The Kier molecular flexibility index (Phi) is 1.36. The van der Waals surface area contributed by atoms with Crippen LogP contribution in [0.5, 0.6) is 11.0 Å². The highest BCUT2D eigenvalue weighted by Crippen LogP contribution is 2.30. The predicted molar refractivity (Wildman–Crippen MR) is 32.3 cm³/mol. The van der Waals surface area contributed by atoms with E-state index < -0.39 is 0 Å². The smallest absolute Gasteiger partial charge is 0.145 e. The molecule has 0 atom stereocenters. The first-order valence-corrected chi connectivity index (χ1v) is 3.03. The van der Waals surface area contributed by atoms with Crippen LogP contribution in [-0.2, 0) is 0 Å². The molecular formula is C5H5O2P. The van der Waals surface area contributed by atoms with Crippen LogP contribution in [0, 0.1) is 0 Å². The monoisotopic (exact) mass is 128 g/mol. The largest absolute Gasteiger partial charge is 0.504 e. The van der Waals surface area contributed by atoms with E-state index in [2.05, 4.69) is 0 Å². The highest BCUT2D eigenvalue weighted by Gasteiger charge is 1.86. The number of rotatable bonds is 0. The van der Waals surface area contributed by atoms with E-state index in [1.807, 2.05) is 0 Å². The third kappa shape index (κ3) is 1.11. The van der Waals surface area contributed by atoms with Gasteiger partial charge in [-0.1, -0.05) is 6.07 Å². The molecule has 2 N–H and O–H groups in total. The van der Waals surface area contributed by atoms with Crippen molar-refractivity contribution in [3.8, 4) is 11.0 Å². The van der Waals surface area contributed by atoms with Gasteiger partial charge < -0.3 is 10.2 Å². The molecule has 1 rings (SSSR count). The summed E-state index contributed by atoms with van der Waals surface area (Å²) < 4.78 is 0. The zero-order valence-electron chi connectivity index (χ0n) is 4.07. The van der Waals surface area contributed by atoms with Crippen molar-refractivity contribution in [1.29, 1.82) is 0 Å². The molecule has 0 aromatic carbocycles. The maximum atomic E-state index is 8.70. The van der Waals surface area contributed by atoms with Crippen LogP contribution in [0.2, 0.25) is 0 Å². The van der Waals surface area contributed by atoms with Crippen LogP contribution < -0.4 is 0 Å². The van der Waals surface area contributed by atoms with E-state index in [0.29, 0.717) is 8.19 Å². The highest BCUT2D eigenvalue weighted by molar-refractivity contribution is 7.34. The number of hydrogen-bond acceptors (Lipinski definition) is 2. The maximum absolute atomic E-state index is 8.70. The Balaban J connectivity index is 3.08. The second-order valence-corrected chi connectivity index (χ2v) is 2.49. The van der Waals surface area contributed by atoms with Gasteiger partial charge in [-0.15, -0.1) is 0 Å². The molecule has 0 fully saturated rings. The third-order valence-electron chi connectivity index (χ3n) is 0.720. The maximum Gasteiger partial charge on any atom is 0.145 e. The van der Waals surface area contributed by atoms with Gasteiger partial charge in [-0.3, -0.25) is 0 Å². The second kappa shape index (κ2) is 2.01. The molecule has 0 saturated carbocycles. The summed E-state index contributed by atoms with van der Waals surface area (Å²) in [5.74, 6) is 0. The van der Waals surface area contributed by atoms with E-state index in [4.69, 9.17) is 10.2 Å². The minimum absolute atomic E-state index is 0.185. The zero-order valence-corrected chi connectivity index (χ0v) is 4.97. The van der Waals surface area contributed by atoms with Crippen molar-refractivity contribution < 1.29 is 10.2 Å². The van der Waals surface area contributed by atoms with Crippen molar-refractivity contribution in [3.63, 3.8) is 0 Å². The molecule has 2 nitrogen and oxygen atoms in total. The van der Waals surface area contributed by atoms with Gasteiger partial charge in [0.05, 0.1) is 0 Å². The van der Waals surface area contributed by atoms with E-state index in [1.54, 1.807) is 18.2 Å². The van der Waals surface area contributed by atoms with Crippen LogP contribution in [0.1, 0.15) is 0 Å². The molecule has 8 heavy (non-hydrogen) atoms. The Hall–Kier alpha value is -0.750. The van der Waals surface area contributed by atoms with Gasteiger partial charge in [0.25, 0.3) is 0 Å². The van der Waals surface area contributed by atoms with Gasteiger partial charge in [0.2, 0.25) is 0 Å². The lowest BCUT2D eigenvalue weighted by molar-refractivity contribution is 0.479. The van der Waals surface area contributed by atoms with Gasteiger partial charge >= 0.3 is 0 Å². The molecule has 0 spiro atoms. The fraction of sp³-hybridized carbons (Fsp3) is 0. The van der Waals surface area contributed by atoms with Crippen LogP contribution in [0.4, 0.5) is 0 Å². The van der Waals surface area contributed by atoms with E-state index in [9.17, 15) is 0 Å². The Morgan fingerprint density at radius 1 is 1.12 bits per heavy atom. The van der Waals surface area contributed by atoms with Gasteiger partial charge in [-0.2, -0.15) is 0 Å². The average molecular weight is 128 g/mol. The van der Waals surface area contributed by atoms with Gasteiger partial charge in [-0.05, 0) is 12.1 Å². The molecule has 0 radical (unpaired) electrons. The predicted octanol–water partition coefficient (Wildman–Crippen LogP) is 1.68. The molecule has 0 saturated heterocycles. The van der Waals surface area contributed by atoms with Gasteiger partial charge in [0.1, 0.15) is 11.0 Å². The molecule has 0 aliphatic heterocycles. The topological polar surface area (TPSA) is 40.5 Å². The Morgan fingerprint density at radius 3 is 1.88 bits per heavy atom. The molecule has 1 aromatic heterocycles. The summed E-state index contributed by atoms with van der Waals surface area (Å²) in [6.45, 7) is 0. The first kappa shape index (κ1) is 5.39. The number of hydrogen-bond donors (Lipinski definition) is 2. The molecule has 3 heteroatoms. The van der Waals surface area contributed by atoms with Crippen molar-refractivity contribution in [3.05, 3.63) is 18.2 Å². The van der Waals surface area contributed by atoms with Crippen LogP contribution in [0.3, 0.4) is 0 Å². The lowest BCUT2D eigenvalue weighted by atomic mass is 10.6. The molecule has 0 aliphatic rings. The van der Waals surface area contributed by atoms with Crippen molar-refractivity contribution in [1.82, 2.24) is 0 Å². The normalized spacial score (nSPS) is 9.00. The van der Waals surface area contributed by atoms with E-state index in [1.165, 1.54) is 0 Å². The van der Waals surface area contributed by atoms with Gasteiger partial charge in [0, 0.05) is 8.19 Å². The van der Waals surface area contributed by atoms with Crippen molar-refractivity contribution in [2.24, 2.45) is 0 Å². The summed E-state index contributed by atoms with van der Waals surface area (Å²) in [6, 6.07) is 4.68. The first-order chi connectivity index (χ1) is 3.79. The summed E-state index contributed by atoms with van der Waals surface area (Å²) in [7, 11) is 0.497. The van der Waals surface area contributed by atoms with Crippen LogP contribution in [0.25, 0.3) is 0 Å². The number of aromatic hydroxyl groups is 2. The molecule has 0 amide bonds. The van der Waals surface area contributed by atoms with E-state index in [-0.39, 0.29) is 11.0 Å². The SMILES string of the molecule is Oc1cccc(O)p1. The molecule has 42 valence electrons. The van der Waals surface area contributed by atoms with Crippen molar-refractivity contribution in [2.45, 2.75) is 0 Å². The molecule has 0 unspecified atom stereocenters. The minimum atomic E-state index is 0.185. The van der Waals surface area contributed by atoms with Gasteiger partial charge in [0.15, 0.2) is 0 Å². The summed E-state index contributed by atoms with van der Waals surface area (Å²) in [4.78, 5) is 0. The summed E-state index contributed by atoms with van der Waals surface area (Å²) in [6.07, 6.45) is 0. The third-order valence-corrected chi connectivity index (χ3v) is 1.48. The summed E-state index contributed by atoms with van der Waals surface area (Å²) >= 11 is 0. The molecule has 1 heterocycles. The first-order valence-electron chi connectivity index (χ1n) is 2.14.